The van der Waals surface area contributed by atoms with Crippen molar-refractivity contribution in [1.82, 2.24) is 24.8 Å². The summed E-state index contributed by atoms with van der Waals surface area (Å²) >= 11 is 1.40. The SMILES string of the molecule is Cl.FC(F)(F)Oc1cccc(-c2cnc3sc(NCCN4CCNCC4)nn23)c1. The number of ether oxygens (including phenoxy) is 1. The second-order valence-electron chi connectivity index (χ2n) is 6.34. The van der Waals surface area contributed by atoms with E-state index in [-0.39, 0.29) is 18.2 Å². The van der Waals surface area contributed by atoms with Gasteiger partial charge in [0.05, 0.1) is 11.9 Å². The molecule has 158 valence electrons. The lowest BCUT2D eigenvalue weighted by atomic mass is 10.1. The van der Waals surface area contributed by atoms with E-state index in [0.717, 1.165) is 44.4 Å². The highest BCUT2D eigenvalue weighted by atomic mass is 35.5. The van der Waals surface area contributed by atoms with Crippen LogP contribution in [0.3, 0.4) is 0 Å². The molecule has 2 aromatic heterocycles. The number of alkyl halides is 3. The van der Waals surface area contributed by atoms with Crippen molar-refractivity contribution in [2.24, 2.45) is 0 Å². The van der Waals surface area contributed by atoms with Crippen LogP contribution in [0.25, 0.3) is 16.2 Å². The molecule has 0 spiro atoms. The van der Waals surface area contributed by atoms with Crippen molar-refractivity contribution >= 4 is 33.8 Å². The highest BCUT2D eigenvalue weighted by Gasteiger charge is 2.31. The van der Waals surface area contributed by atoms with Crippen LogP contribution in [0, 0.1) is 0 Å². The smallest absolute Gasteiger partial charge is 0.406 e. The van der Waals surface area contributed by atoms with Gasteiger partial charge in [0.25, 0.3) is 0 Å². The monoisotopic (exact) mass is 448 g/mol. The van der Waals surface area contributed by atoms with Crippen LogP contribution in [0.5, 0.6) is 5.75 Å². The minimum absolute atomic E-state index is 0. The third-order valence-corrected chi connectivity index (χ3v) is 5.24. The minimum Gasteiger partial charge on any atom is -0.406 e. The molecule has 1 aliphatic rings. The summed E-state index contributed by atoms with van der Waals surface area (Å²) in [7, 11) is 0. The Morgan fingerprint density at radius 3 is 2.79 bits per heavy atom. The number of aromatic nitrogens is 3. The molecule has 12 heteroatoms. The van der Waals surface area contributed by atoms with E-state index >= 15 is 0 Å². The number of hydrogen-bond donors (Lipinski definition) is 2. The molecule has 1 saturated heterocycles. The molecule has 2 N–H and O–H groups in total. The molecule has 0 atom stereocenters. The number of hydrogen-bond acceptors (Lipinski definition) is 7. The minimum atomic E-state index is -4.73. The second-order valence-corrected chi connectivity index (χ2v) is 7.30. The predicted molar refractivity (Wildman–Crippen MR) is 108 cm³/mol. The van der Waals surface area contributed by atoms with Gasteiger partial charge in [-0.25, -0.2) is 9.50 Å². The van der Waals surface area contributed by atoms with Crippen LogP contribution < -0.4 is 15.4 Å². The molecule has 1 aliphatic heterocycles. The van der Waals surface area contributed by atoms with Gasteiger partial charge < -0.3 is 15.4 Å². The third-order valence-electron chi connectivity index (χ3n) is 4.36. The first-order chi connectivity index (χ1) is 13.5. The lowest BCUT2D eigenvalue weighted by Gasteiger charge is -2.26. The van der Waals surface area contributed by atoms with Gasteiger partial charge >= 0.3 is 6.36 Å². The van der Waals surface area contributed by atoms with Gasteiger partial charge in [0.2, 0.25) is 10.1 Å². The van der Waals surface area contributed by atoms with Gasteiger partial charge in [0, 0.05) is 44.8 Å². The number of benzene rings is 1. The first-order valence-electron chi connectivity index (χ1n) is 8.86. The molecular weight excluding hydrogens is 429 g/mol. The topological polar surface area (TPSA) is 66.7 Å². The van der Waals surface area contributed by atoms with E-state index in [2.05, 4.69) is 30.4 Å². The second kappa shape index (κ2) is 9.16. The summed E-state index contributed by atoms with van der Waals surface area (Å²) in [5.74, 6) is -0.274. The molecule has 0 radical (unpaired) electrons. The van der Waals surface area contributed by atoms with Crippen molar-refractivity contribution in [3.8, 4) is 17.0 Å². The largest absolute Gasteiger partial charge is 0.573 e. The number of nitrogens with zero attached hydrogens (tertiary/aromatic N) is 4. The van der Waals surface area contributed by atoms with E-state index in [1.54, 1.807) is 16.8 Å². The van der Waals surface area contributed by atoms with Crippen molar-refractivity contribution in [2.75, 3.05) is 44.6 Å². The van der Waals surface area contributed by atoms with Crippen molar-refractivity contribution in [3.05, 3.63) is 30.5 Å². The Hall–Kier alpha value is -2.08. The average molecular weight is 449 g/mol. The summed E-state index contributed by atoms with van der Waals surface area (Å²) in [4.78, 5) is 7.36. The number of nitrogens with one attached hydrogen (secondary N) is 2. The quantitative estimate of drug-likeness (QED) is 0.604. The van der Waals surface area contributed by atoms with Crippen LogP contribution in [0.15, 0.2) is 30.5 Å². The average Bonchev–Trinajstić information content (AvgIpc) is 3.21. The van der Waals surface area contributed by atoms with E-state index in [1.807, 2.05) is 0 Å². The molecule has 0 saturated carbocycles. The Morgan fingerprint density at radius 2 is 2.03 bits per heavy atom. The first-order valence-corrected chi connectivity index (χ1v) is 9.67. The molecule has 4 rings (SSSR count). The molecule has 1 aromatic carbocycles. The molecule has 7 nitrogen and oxygen atoms in total. The van der Waals surface area contributed by atoms with E-state index in [4.69, 9.17) is 0 Å². The maximum atomic E-state index is 12.5. The van der Waals surface area contributed by atoms with Gasteiger partial charge in [-0.15, -0.1) is 30.7 Å². The molecule has 0 bridgehead atoms. The number of halogens is 4. The van der Waals surface area contributed by atoms with Gasteiger partial charge in [0.15, 0.2) is 0 Å². The number of fused-ring (bicyclic) bond motifs is 1. The Bertz CT molecular complexity index is 941. The van der Waals surface area contributed by atoms with Gasteiger partial charge in [0.1, 0.15) is 5.75 Å². The van der Waals surface area contributed by atoms with Gasteiger partial charge in [-0.1, -0.05) is 23.5 Å². The molecule has 0 unspecified atom stereocenters. The number of imidazole rings is 1. The van der Waals surface area contributed by atoms with Crippen LogP contribution in [-0.2, 0) is 0 Å². The van der Waals surface area contributed by atoms with Gasteiger partial charge in [-0.3, -0.25) is 4.90 Å². The van der Waals surface area contributed by atoms with Crippen molar-refractivity contribution < 1.29 is 17.9 Å². The summed E-state index contributed by atoms with van der Waals surface area (Å²) in [5, 5.41) is 11.8. The van der Waals surface area contributed by atoms with Crippen LogP contribution >= 0.6 is 23.7 Å². The number of piperazine rings is 1. The lowest BCUT2D eigenvalue weighted by molar-refractivity contribution is -0.274. The zero-order valence-electron chi connectivity index (χ0n) is 15.3. The number of rotatable bonds is 6. The molecular formula is C17H20ClF3N6OS. The van der Waals surface area contributed by atoms with Crippen LogP contribution in [0.2, 0.25) is 0 Å². The first kappa shape index (κ1) is 21.6. The van der Waals surface area contributed by atoms with Crippen LogP contribution in [-0.4, -0.2) is 65.1 Å². The fourth-order valence-corrected chi connectivity index (χ4v) is 3.87. The molecule has 0 aliphatic carbocycles. The van der Waals surface area contributed by atoms with E-state index < -0.39 is 6.36 Å². The predicted octanol–water partition coefficient (Wildman–Crippen LogP) is 3.10. The third kappa shape index (κ3) is 5.50. The Balaban J connectivity index is 0.00000240. The lowest BCUT2D eigenvalue weighted by Crippen LogP contribution is -2.45. The van der Waals surface area contributed by atoms with Crippen LogP contribution in [0.1, 0.15) is 0 Å². The summed E-state index contributed by atoms with van der Waals surface area (Å²) < 4.78 is 43.0. The van der Waals surface area contributed by atoms with Crippen molar-refractivity contribution in [3.63, 3.8) is 0 Å². The highest BCUT2D eigenvalue weighted by molar-refractivity contribution is 7.20. The summed E-state index contributed by atoms with van der Waals surface area (Å²) in [6.07, 6.45) is -3.14. The normalized spacial score (nSPS) is 15.3. The zero-order valence-corrected chi connectivity index (χ0v) is 16.9. The Kier molecular flexibility index (Phi) is 6.83. The van der Waals surface area contributed by atoms with E-state index in [0.29, 0.717) is 16.2 Å². The summed E-state index contributed by atoms with van der Waals surface area (Å²) in [6.45, 7) is 5.76. The molecule has 3 heterocycles. The number of anilines is 1. The van der Waals surface area contributed by atoms with Gasteiger partial charge in [-0.2, -0.15) is 0 Å². The summed E-state index contributed by atoms with van der Waals surface area (Å²) in [5.41, 5.74) is 1.15. The summed E-state index contributed by atoms with van der Waals surface area (Å²) in [6, 6.07) is 5.80. The highest BCUT2D eigenvalue weighted by Crippen LogP contribution is 2.30. The van der Waals surface area contributed by atoms with Crippen LogP contribution in [0.4, 0.5) is 18.3 Å². The molecule has 0 amide bonds. The van der Waals surface area contributed by atoms with E-state index in [9.17, 15) is 13.2 Å². The zero-order chi connectivity index (χ0) is 19.6. The van der Waals surface area contributed by atoms with E-state index in [1.165, 1.54) is 29.5 Å². The molecule has 29 heavy (non-hydrogen) atoms. The maximum absolute atomic E-state index is 12.5. The fraction of sp³-hybridized carbons (Fsp3) is 0.412. The Morgan fingerprint density at radius 1 is 1.24 bits per heavy atom. The maximum Gasteiger partial charge on any atom is 0.573 e. The van der Waals surface area contributed by atoms with Gasteiger partial charge in [-0.05, 0) is 12.1 Å². The molecule has 3 aromatic rings. The van der Waals surface area contributed by atoms with Crippen molar-refractivity contribution in [2.45, 2.75) is 6.36 Å². The standard InChI is InChI=1S/C17H19F3N6OS.ClH/c18-17(19,20)27-13-3-1-2-12(10-13)14-11-23-16-26(14)24-15(28-16)22-6-9-25-7-4-21-5-8-25;/h1-3,10-11,21H,4-9H2,(H,22,24);1H. The fourth-order valence-electron chi connectivity index (χ4n) is 3.07. The van der Waals surface area contributed by atoms with Crippen molar-refractivity contribution in [1.29, 1.82) is 0 Å². The Labute approximate surface area is 175 Å². The molecule has 1 fully saturated rings.